The summed E-state index contributed by atoms with van der Waals surface area (Å²) in [5.41, 5.74) is 0.319. The average molecular weight is 525 g/mol. The van der Waals surface area contributed by atoms with Gasteiger partial charge in [0.25, 0.3) is 21.5 Å². The van der Waals surface area contributed by atoms with E-state index in [9.17, 15) is 18.0 Å². The Kier molecular flexibility index (Phi) is 6.18. The van der Waals surface area contributed by atoms with Crippen LogP contribution in [0.25, 0.3) is 11.3 Å². The summed E-state index contributed by atoms with van der Waals surface area (Å²) in [5, 5.41) is 0. The van der Waals surface area contributed by atoms with E-state index in [1.807, 2.05) is 27.8 Å². The Bertz CT molecular complexity index is 1530. The number of aromatic amines is 1. The van der Waals surface area contributed by atoms with Gasteiger partial charge in [0.2, 0.25) is 0 Å². The van der Waals surface area contributed by atoms with Crippen LogP contribution in [-0.2, 0) is 10.0 Å². The van der Waals surface area contributed by atoms with Gasteiger partial charge >= 0.3 is 0 Å². The van der Waals surface area contributed by atoms with Crippen molar-refractivity contribution in [1.29, 1.82) is 0 Å². The first-order valence-electron chi connectivity index (χ1n) is 12.0. The molecule has 1 fully saturated rings. The highest BCUT2D eigenvalue weighted by Crippen LogP contribution is 2.40. The molecular weight excluding hydrogens is 496 g/mol. The number of anilines is 1. The molecule has 2 aromatic heterocycles. The zero-order valence-electron chi connectivity index (χ0n) is 20.8. The first kappa shape index (κ1) is 24.8. The average Bonchev–Trinajstić information content (AvgIpc) is 3.14. The van der Waals surface area contributed by atoms with Gasteiger partial charge in [0.05, 0.1) is 11.3 Å². The van der Waals surface area contributed by atoms with Gasteiger partial charge in [-0.05, 0) is 68.7 Å². The van der Waals surface area contributed by atoms with E-state index in [0.29, 0.717) is 48.7 Å². The first-order valence-corrected chi connectivity index (χ1v) is 13.5. The first-order chi connectivity index (χ1) is 17.6. The number of fused-ring (bicyclic) bond motifs is 1. The van der Waals surface area contributed by atoms with Gasteiger partial charge in [-0.1, -0.05) is 6.92 Å². The zero-order chi connectivity index (χ0) is 26.4. The van der Waals surface area contributed by atoms with Crippen molar-refractivity contribution in [3.05, 3.63) is 64.6 Å². The lowest BCUT2D eigenvalue weighted by Crippen LogP contribution is -2.44. The summed E-state index contributed by atoms with van der Waals surface area (Å²) in [6.45, 7) is 7.87. The van der Waals surface area contributed by atoms with E-state index in [-0.39, 0.29) is 11.1 Å². The number of sulfonamides is 1. The third-order valence-corrected chi connectivity index (χ3v) is 8.55. The van der Waals surface area contributed by atoms with Crippen molar-refractivity contribution in [2.45, 2.75) is 37.6 Å². The van der Waals surface area contributed by atoms with Crippen molar-refractivity contribution >= 4 is 21.7 Å². The molecule has 37 heavy (non-hydrogen) atoms. The third kappa shape index (κ3) is 4.55. The Balaban J connectivity index is 1.57. The third-order valence-electron chi connectivity index (χ3n) is 7.20. The lowest BCUT2D eigenvalue weighted by Gasteiger charge is -2.36. The number of nitrogens with zero attached hydrogens (tertiary/aromatic N) is 2. The molecule has 1 amide bonds. The minimum absolute atomic E-state index is 0.0967. The molecule has 10 nitrogen and oxygen atoms in total. The highest BCUT2D eigenvalue weighted by molar-refractivity contribution is 7.90. The minimum Gasteiger partial charge on any atom is -0.486 e. The molecule has 1 unspecified atom stereocenters. The van der Waals surface area contributed by atoms with Crippen molar-refractivity contribution in [2.75, 3.05) is 24.7 Å². The molecule has 0 aliphatic carbocycles. The summed E-state index contributed by atoms with van der Waals surface area (Å²) in [4.78, 5) is 34.1. The smallest absolute Gasteiger partial charge is 0.269 e. The Morgan fingerprint density at radius 3 is 2.59 bits per heavy atom. The standard InChI is InChI=1S/C26H28N4O6S/c1-16-10-12-30(26(16,2)3)23-18(24(31)29-37(33,34)22-5-4-11-27-25(22)32)7-8-19(28-23)17-6-9-20-21(15-17)36-14-13-35-20/h4-9,11,15-16H,10,12-14H2,1-3H3,(H,27,32)(H,29,31). The number of ether oxygens (including phenoxy) is 2. The number of pyridine rings is 2. The van der Waals surface area contributed by atoms with Gasteiger partial charge in [-0.15, -0.1) is 0 Å². The number of hydrogen-bond acceptors (Lipinski definition) is 8. The fraction of sp³-hybridized carbons (Fsp3) is 0.346. The van der Waals surface area contributed by atoms with Crippen LogP contribution in [0, 0.1) is 5.92 Å². The van der Waals surface area contributed by atoms with E-state index in [2.05, 4.69) is 25.8 Å². The maximum atomic E-state index is 13.3. The summed E-state index contributed by atoms with van der Waals surface area (Å²) >= 11 is 0. The largest absolute Gasteiger partial charge is 0.486 e. The fourth-order valence-corrected chi connectivity index (χ4v) is 5.68. The molecule has 11 heteroatoms. The van der Waals surface area contributed by atoms with E-state index in [1.165, 1.54) is 12.3 Å². The zero-order valence-corrected chi connectivity index (χ0v) is 21.6. The maximum Gasteiger partial charge on any atom is 0.269 e. The molecule has 1 atom stereocenters. The van der Waals surface area contributed by atoms with Gasteiger partial charge in [0.15, 0.2) is 16.4 Å². The van der Waals surface area contributed by atoms with Crippen LogP contribution < -0.4 is 24.7 Å². The number of carbonyl (C=O) groups excluding carboxylic acids is 1. The topological polar surface area (TPSA) is 131 Å². The molecule has 2 aliphatic rings. The molecule has 5 rings (SSSR count). The van der Waals surface area contributed by atoms with E-state index < -0.39 is 26.4 Å². The van der Waals surface area contributed by atoms with E-state index in [1.54, 1.807) is 12.1 Å². The van der Waals surface area contributed by atoms with E-state index >= 15 is 0 Å². The van der Waals surface area contributed by atoms with Crippen molar-refractivity contribution in [3.8, 4) is 22.8 Å². The number of hydrogen-bond donors (Lipinski definition) is 2. The van der Waals surface area contributed by atoms with Crippen LogP contribution in [0.4, 0.5) is 5.82 Å². The summed E-state index contributed by atoms with van der Waals surface area (Å²) in [6, 6.07) is 11.3. The normalized spacial score (nSPS) is 18.5. The number of H-pyrrole nitrogens is 1. The highest BCUT2D eigenvalue weighted by Gasteiger charge is 2.41. The number of aromatic nitrogens is 2. The predicted octanol–water partition coefficient (Wildman–Crippen LogP) is 2.95. The van der Waals surface area contributed by atoms with E-state index in [4.69, 9.17) is 14.5 Å². The molecular formula is C26H28N4O6S. The van der Waals surface area contributed by atoms with Gasteiger partial charge in [-0.25, -0.2) is 18.1 Å². The number of nitrogens with one attached hydrogen (secondary N) is 2. The second-order valence-corrected chi connectivity index (χ2v) is 11.4. The lowest BCUT2D eigenvalue weighted by atomic mass is 9.90. The summed E-state index contributed by atoms with van der Waals surface area (Å²) in [7, 11) is -4.41. The number of rotatable bonds is 5. The Labute approximate surface area is 214 Å². The highest BCUT2D eigenvalue weighted by atomic mass is 32.2. The van der Waals surface area contributed by atoms with Crippen molar-refractivity contribution < 1.29 is 22.7 Å². The van der Waals surface area contributed by atoms with Crippen LogP contribution in [0.5, 0.6) is 11.5 Å². The van der Waals surface area contributed by atoms with Crippen LogP contribution in [0.2, 0.25) is 0 Å². The van der Waals surface area contributed by atoms with Gasteiger partial charge in [-0.2, -0.15) is 0 Å². The Morgan fingerprint density at radius 2 is 1.89 bits per heavy atom. The number of amides is 1. The molecule has 0 bridgehead atoms. The molecule has 3 aromatic rings. The Morgan fingerprint density at radius 1 is 1.14 bits per heavy atom. The van der Waals surface area contributed by atoms with Crippen LogP contribution in [-0.4, -0.2) is 49.6 Å². The van der Waals surface area contributed by atoms with E-state index in [0.717, 1.165) is 18.1 Å². The van der Waals surface area contributed by atoms with Gasteiger partial charge < -0.3 is 19.4 Å². The Hall–Kier alpha value is -3.86. The molecule has 0 saturated carbocycles. The second kappa shape index (κ2) is 9.22. The van der Waals surface area contributed by atoms with Crippen LogP contribution >= 0.6 is 0 Å². The van der Waals surface area contributed by atoms with Crippen molar-refractivity contribution in [3.63, 3.8) is 0 Å². The van der Waals surface area contributed by atoms with Crippen molar-refractivity contribution in [1.82, 2.24) is 14.7 Å². The van der Waals surface area contributed by atoms with Crippen LogP contribution in [0.15, 0.2) is 58.4 Å². The minimum atomic E-state index is -4.41. The predicted molar refractivity (Wildman–Crippen MR) is 138 cm³/mol. The van der Waals surface area contributed by atoms with Crippen LogP contribution in [0.3, 0.4) is 0 Å². The molecule has 2 aliphatic heterocycles. The maximum absolute atomic E-state index is 13.3. The second-order valence-electron chi connectivity index (χ2n) is 9.72. The molecule has 0 spiro atoms. The molecule has 1 saturated heterocycles. The number of carbonyl (C=O) groups is 1. The fourth-order valence-electron chi connectivity index (χ4n) is 4.65. The molecule has 0 radical (unpaired) electrons. The number of benzene rings is 1. The summed E-state index contributed by atoms with van der Waals surface area (Å²) in [6.07, 6.45) is 2.21. The van der Waals surface area contributed by atoms with Crippen molar-refractivity contribution in [2.24, 2.45) is 5.92 Å². The van der Waals surface area contributed by atoms with Gasteiger partial charge in [0, 0.05) is 23.8 Å². The van der Waals surface area contributed by atoms with Gasteiger partial charge in [0.1, 0.15) is 19.0 Å². The SMILES string of the molecule is CC1CCN(c2nc(-c3ccc4c(c3)OCCO4)ccc2C(=O)NS(=O)(=O)c2ccc[nH]c2=O)C1(C)C. The quantitative estimate of drug-likeness (QED) is 0.521. The monoisotopic (exact) mass is 524 g/mol. The summed E-state index contributed by atoms with van der Waals surface area (Å²) < 4.78 is 39.1. The molecule has 194 valence electrons. The van der Waals surface area contributed by atoms with Gasteiger partial charge in [-0.3, -0.25) is 9.59 Å². The molecule has 2 N–H and O–H groups in total. The molecule has 1 aromatic carbocycles. The summed E-state index contributed by atoms with van der Waals surface area (Å²) in [5.74, 6) is 1.09. The van der Waals surface area contributed by atoms with Crippen LogP contribution in [0.1, 0.15) is 37.6 Å². The lowest BCUT2D eigenvalue weighted by molar-refractivity contribution is 0.0981. The molecule has 4 heterocycles.